The maximum absolute atomic E-state index is 12.3. The fourth-order valence-corrected chi connectivity index (χ4v) is 3.65. The van der Waals surface area contributed by atoms with E-state index in [0.29, 0.717) is 22.2 Å². The molecule has 26 heavy (non-hydrogen) atoms. The molecule has 3 aromatic rings. The van der Waals surface area contributed by atoms with E-state index < -0.39 is 0 Å². The highest BCUT2D eigenvalue weighted by Crippen LogP contribution is 2.26. The number of H-pyrrole nitrogens is 1. The van der Waals surface area contributed by atoms with Crippen LogP contribution in [-0.4, -0.2) is 27.1 Å². The number of nitrogens with zero attached hydrogens (tertiary/aromatic N) is 2. The van der Waals surface area contributed by atoms with Crippen molar-refractivity contribution in [3.8, 4) is 11.3 Å². The van der Waals surface area contributed by atoms with Gasteiger partial charge in [0.05, 0.1) is 12.1 Å². The summed E-state index contributed by atoms with van der Waals surface area (Å²) in [5, 5.41) is 5.16. The standard InChI is InChI=1S/C18H18N4O2S2/c1-10-14(17(24)20-11(2)19-10)8-16(23)22-18-21-15(9-26-18)12-4-6-13(25-3)7-5-12/h4-7,9H,8H2,1-3H3,(H,19,20,24)(H,21,22,23). The van der Waals surface area contributed by atoms with Crippen molar-refractivity contribution in [1.82, 2.24) is 15.0 Å². The van der Waals surface area contributed by atoms with Gasteiger partial charge in [0.25, 0.3) is 5.56 Å². The third kappa shape index (κ3) is 4.20. The minimum atomic E-state index is -0.289. The van der Waals surface area contributed by atoms with Crippen LogP contribution in [0.4, 0.5) is 5.13 Å². The predicted molar refractivity (Wildman–Crippen MR) is 106 cm³/mol. The third-order valence-corrected chi connectivity index (χ3v) is 5.32. The molecule has 2 heterocycles. The number of thioether (sulfide) groups is 1. The van der Waals surface area contributed by atoms with Gasteiger partial charge in [-0.05, 0) is 32.2 Å². The number of aromatic nitrogens is 3. The summed E-state index contributed by atoms with van der Waals surface area (Å²) >= 11 is 3.04. The monoisotopic (exact) mass is 386 g/mol. The van der Waals surface area contributed by atoms with Crippen LogP contribution in [0, 0.1) is 13.8 Å². The van der Waals surface area contributed by atoms with E-state index in [4.69, 9.17) is 0 Å². The second-order valence-corrected chi connectivity index (χ2v) is 7.44. The summed E-state index contributed by atoms with van der Waals surface area (Å²) in [7, 11) is 0. The van der Waals surface area contributed by atoms with E-state index in [1.54, 1.807) is 25.6 Å². The van der Waals surface area contributed by atoms with E-state index in [2.05, 4.69) is 20.3 Å². The van der Waals surface area contributed by atoms with Crippen molar-refractivity contribution in [1.29, 1.82) is 0 Å². The molecule has 0 aliphatic carbocycles. The molecule has 134 valence electrons. The minimum absolute atomic E-state index is 0.0359. The highest BCUT2D eigenvalue weighted by atomic mass is 32.2. The number of aromatic amines is 1. The second kappa shape index (κ2) is 7.84. The number of hydrogen-bond acceptors (Lipinski definition) is 6. The molecule has 1 aromatic carbocycles. The lowest BCUT2D eigenvalue weighted by Gasteiger charge is -2.05. The van der Waals surface area contributed by atoms with E-state index in [1.807, 2.05) is 35.9 Å². The molecule has 0 saturated heterocycles. The van der Waals surface area contributed by atoms with Crippen LogP contribution in [-0.2, 0) is 11.2 Å². The lowest BCUT2D eigenvalue weighted by Crippen LogP contribution is -2.24. The summed E-state index contributed by atoms with van der Waals surface area (Å²) in [5.41, 5.74) is 2.46. The normalized spacial score (nSPS) is 10.7. The molecule has 2 aromatic heterocycles. The maximum atomic E-state index is 12.3. The van der Waals surface area contributed by atoms with E-state index in [1.165, 1.54) is 16.2 Å². The lowest BCUT2D eigenvalue weighted by molar-refractivity contribution is -0.115. The Balaban J connectivity index is 1.71. The van der Waals surface area contributed by atoms with Crippen molar-refractivity contribution < 1.29 is 4.79 Å². The Kier molecular flexibility index (Phi) is 5.53. The van der Waals surface area contributed by atoms with Gasteiger partial charge >= 0.3 is 0 Å². The van der Waals surface area contributed by atoms with Gasteiger partial charge in [-0.2, -0.15) is 0 Å². The summed E-state index contributed by atoms with van der Waals surface area (Å²) in [6.07, 6.45) is 1.99. The lowest BCUT2D eigenvalue weighted by atomic mass is 10.1. The number of amides is 1. The van der Waals surface area contributed by atoms with Gasteiger partial charge in [-0.15, -0.1) is 23.1 Å². The number of carbonyl (C=O) groups excluding carboxylic acids is 1. The Morgan fingerprint density at radius 3 is 2.62 bits per heavy atom. The smallest absolute Gasteiger partial charge is 0.254 e. The van der Waals surface area contributed by atoms with Gasteiger partial charge in [0, 0.05) is 27.1 Å². The Bertz CT molecular complexity index is 993. The molecule has 0 aliphatic rings. The molecule has 0 fully saturated rings. The van der Waals surface area contributed by atoms with Crippen molar-refractivity contribution in [2.24, 2.45) is 0 Å². The van der Waals surface area contributed by atoms with Crippen molar-refractivity contribution in [3.05, 3.63) is 57.1 Å². The summed E-state index contributed by atoms with van der Waals surface area (Å²) in [5.74, 6) is 0.247. The highest BCUT2D eigenvalue weighted by molar-refractivity contribution is 7.98. The predicted octanol–water partition coefficient (Wildman–Crippen LogP) is 3.41. The van der Waals surface area contributed by atoms with Crippen LogP contribution < -0.4 is 10.9 Å². The maximum Gasteiger partial charge on any atom is 0.254 e. The average molecular weight is 387 g/mol. The van der Waals surface area contributed by atoms with E-state index >= 15 is 0 Å². The molecule has 3 rings (SSSR count). The van der Waals surface area contributed by atoms with Gasteiger partial charge in [-0.25, -0.2) is 9.97 Å². The number of benzene rings is 1. The molecule has 2 N–H and O–H groups in total. The molecule has 0 atom stereocenters. The average Bonchev–Trinajstić information content (AvgIpc) is 3.06. The number of anilines is 1. The summed E-state index contributed by atoms with van der Waals surface area (Å²) in [6.45, 7) is 3.44. The first kappa shape index (κ1) is 18.3. The molecular weight excluding hydrogens is 368 g/mol. The first-order chi connectivity index (χ1) is 12.5. The molecule has 6 nitrogen and oxygen atoms in total. The first-order valence-corrected chi connectivity index (χ1v) is 10.0. The van der Waals surface area contributed by atoms with Crippen LogP contribution in [0.3, 0.4) is 0 Å². The number of rotatable bonds is 5. The zero-order valence-electron chi connectivity index (χ0n) is 14.6. The SMILES string of the molecule is CSc1ccc(-c2csc(NC(=O)Cc3c(C)nc(C)[nH]c3=O)n2)cc1. The number of carbonyl (C=O) groups is 1. The van der Waals surface area contributed by atoms with Crippen molar-refractivity contribution in [2.45, 2.75) is 25.2 Å². The van der Waals surface area contributed by atoms with Gasteiger partial charge in [0.1, 0.15) is 5.82 Å². The number of hydrogen-bond donors (Lipinski definition) is 2. The largest absolute Gasteiger partial charge is 0.311 e. The molecule has 1 amide bonds. The van der Waals surface area contributed by atoms with Crippen LogP contribution in [0.5, 0.6) is 0 Å². The van der Waals surface area contributed by atoms with Crippen molar-refractivity contribution >= 4 is 34.1 Å². The zero-order valence-corrected chi connectivity index (χ0v) is 16.3. The Morgan fingerprint density at radius 1 is 1.23 bits per heavy atom. The van der Waals surface area contributed by atoms with Crippen LogP contribution in [0.2, 0.25) is 0 Å². The molecule has 0 bridgehead atoms. The van der Waals surface area contributed by atoms with Crippen molar-refractivity contribution in [3.63, 3.8) is 0 Å². The second-order valence-electron chi connectivity index (χ2n) is 5.71. The van der Waals surface area contributed by atoms with Gasteiger partial charge in [0.2, 0.25) is 5.91 Å². The third-order valence-electron chi connectivity index (χ3n) is 3.81. The molecule has 0 unspecified atom stereocenters. The van der Waals surface area contributed by atoms with Gasteiger partial charge in [-0.1, -0.05) is 12.1 Å². The van der Waals surface area contributed by atoms with Crippen LogP contribution in [0.15, 0.2) is 39.3 Å². The van der Waals surface area contributed by atoms with Gasteiger partial charge in [-0.3, -0.25) is 9.59 Å². The molecule has 0 radical (unpaired) electrons. The Hall–Kier alpha value is -2.45. The van der Waals surface area contributed by atoms with Gasteiger partial charge < -0.3 is 10.3 Å². The number of aryl methyl sites for hydroxylation is 2. The van der Waals surface area contributed by atoms with E-state index in [9.17, 15) is 9.59 Å². The van der Waals surface area contributed by atoms with Crippen molar-refractivity contribution in [2.75, 3.05) is 11.6 Å². The molecule has 0 aliphatic heterocycles. The summed E-state index contributed by atoms with van der Waals surface area (Å²) in [4.78, 5) is 36.7. The molecular formula is C18H18N4O2S2. The fourth-order valence-electron chi connectivity index (χ4n) is 2.51. The minimum Gasteiger partial charge on any atom is -0.311 e. The quantitative estimate of drug-likeness (QED) is 0.656. The molecule has 0 saturated carbocycles. The number of thiazole rings is 1. The van der Waals surface area contributed by atoms with E-state index in [0.717, 1.165) is 11.3 Å². The first-order valence-electron chi connectivity index (χ1n) is 7.92. The Labute approximate surface area is 159 Å². The highest BCUT2D eigenvalue weighted by Gasteiger charge is 2.14. The molecule has 8 heteroatoms. The topological polar surface area (TPSA) is 87.7 Å². The van der Waals surface area contributed by atoms with Crippen LogP contribution >= 0.6 is 23.1 Å². The fraction of sp³-hybridized carbons (Fsp3) is 0.222. The summed E-state index contributed by atoms with van der Waals surface area (Å²) in [6, 6.07) is 8.09. The van der Waals surface area contributed by atoms with E-state index in [-0.39, 0.29) is 17.9 Å². The van der Waals surface area contributed by atoms with Crippen LogP contribution in [0.25, 0.3) is 11.3 Å². The summed E-state index contributed by atoms with van der Waals surface area (Å²) < 4.78 is 0. The molecule has 0 spiro atoms. The van der Waals surface area contributed by atoms with Crippen LogP contribution in [0.1, 0.15) is 17.1 Å². The van der Waals surface area contributed by atoms with Gasteiger partial charge in [0.15, 0.2) is 5.13 Å². The zero-order chi connectivity index (χ0) is 18.7. The Morgan fingerprint density at radius 2 is 1.96 bits per heavy atom. The number of nitrogens with one attached hydrogen (secondary N) is 2.